The van der Waals surface area contributed by atoms with Crippen LogP contribution in [0.4, 0.5) is 11.4 Å². The second-order valence-corrected chi connectivity index (χ2v) is 11.4. The number of hydrogen-bond acceptors (Lipinski definition) is 6. The highest BCUT2D eigenvalue weighted by atomic mass is 16.2. The largest absolute Gasteiger partial charge is 0.327 e. The summed E-state index contributed by atoms with van der Waals surface area (Å²) in [4.78, 5) is 63.2. The highest BCUT2D eigenvalue weighted by Gasteiger charge is 2.35. The van der Waals surface area contributed by atoms with Gasteiger partial charge in [0.2, 0.25) is 11.8 Å². The molecule has 2 aromatic heterocycles. The Bertz CT molecular complexity index is 1600. The molecule has 0 spiro atoms. The van der Waals surface area contributed by atoms with Gasteiger partial charge in [-0.2, -0.15) is 0 Å². The van der Waals surface area contributed by atoms with Crippen molar-refractivity contribution >= 4 is 47.2 Å². The first-order valence-corrected chi connectivity index (χ1v) is 15.4. The maximum atomic E-state index is 13.0. The van der Waals surface area contributed by atoms with E-state index >= 15 is 0 Å². The Kier molecular flexibility index (Phi) is 9.24. The van der Waals surface area contributed by atoms with Crippen molar-refractivity contribution in [3.63, 3.8) is 0 Å². The number of benzene rings is 2. The van der Waals surface area contributed by atoms with Crippen molar-refractivity contribution < 1.29 is 19.2 Å². The smallest absolute Gasteiger partial charge is 0.256 e. The van der Waals surface area contributed by atoms with Gasteiger partial charge in [0.1, 0.15) is 12.1 Å². The summed E-state index contributed by atoms with van der Waals surface area (Å²) < 4.78 is 0. The summed E-state index contributed by atoms with van der Waals surface area (Å²) in [5, 5.41) is 5.90. The number of carbonyl (C=O) groups is 4. The Labute approximate surface area is 267 Å². The van der Waals surface area contributed by atoms with Crippen LogP contribution in [0.5, 0.6) is 0 Å². The third-order valence-corrected chi connectivity index (χ3v) is 8.27. The molecule has 2 aromatic carbocycles. The van der Waals surface area contributed by atoms with Crippen molar-refractivity contribution in [1.29, 1.82) is 0 Å². The number of carbonyl (C=O) groups excluding carboxylic acids is 4. The first-order chi connectivity index (χ1) is 22.5. The van der Waals surface area contributed by atoms with Crippen molar-refractivity contribution in [3.05, 3.63) is 120 Å². The molecule has 0 saturated carbocycles. The second-order valence-electron chi connectivity index (χ2n) is 11.4. The van der Waals surface area contributed by atoms with Crippen molar-refractivity contribution in [2.24, 2.45) is 0 Å². The normalized spacial score (nSPS) is 17.7. The number of pyridine rings is 2. The summed E-state index contributed by atoms with van der Waals surface area (Å²) in [6, 6.07) is 20.8. The Morgan fingerprint density at radius 2 is 1.02 bits per heavy atom. The van der Waals surface area contributed by atoms with Crippen LogP contribution < -0.4 is 10.6 Å². The van der Waals surface area contributed by atoms with E-state index in [4.69, 9.17) is 0 Å². The van der Waals surface area contributed by atoms with Crippen LogP contribution in [-0.2, 0) is 9.59 Å². The summed E-state index contributed by atoms with van der Waals surface area (Å²) >= 11 is 0. The number of aromatic nitrogens is 2. The average Bonchev–Trinajstić information content (AvgIpc) is 3.80. The Balaban J connectivity index is 1.01. The van der Waals surface area contributed by atoms with Gasteiger partial charge in [0, 0.05) is 49.3 Å². The van der Waals surface area contributed by atoms with E-state index in [1.807, 2.05) is 60.7 Å². The molecular formula is C36H34N6O4. The quantitative estimate of drug-likeness (QED) is 0.265. The molecule has 2 aliphatic rings. The van der Waals surface area contributed by atoms with E-state index in [9.17, 15) is 19.2 Å². The van der Waals surface area contributed by atoms with Crippen LogP contribution in [-0.4, -0.2) is 68.6 Å². The third kappa shape index (κ3) is 7.02. The number of anilines is 2. The fourth-order valence-corrected chi connectivity index (χ4v) is 5.87. The molecule has 10 heteroatoms. The predicted octanol–water partition coefficient (Wildman–Crippen LogP) is 5.13. The van der Waals surface area contributed by atoms with Crippen LogP contribution in [0.15, 0.2) is 97.6 Å². The zero-order valence-electron chi connectivity index (χ0n) is 25.2. The zero-order chi connectivity index (χ0) is 31.9. The lowest BCUT2D eigenvalue weighted by Crippen LogP contribution is -2.43. The third-order valence-electron chi connectivity index (χ3n) is 8.27. The predicted molar refractivity (Wildman–Crippen MR) is 176 cm³/mol. The monoisotopic (exact) mass is 614 g/mol. The highest BCUT2D eigenvalue weighted by molar-refractivity contribution is 6.02. The second kappa shape index (κ2) is 14.0. The molecule has 2 unspecified atom stereocenters. The number of likely N-dealkylation sites (tertiary alicyclic amines) is 2. The van der Waals surface area contributed by atoms with E-state index in [-0.39, 0.29) is 23.6 Å². The molecule has 2 fully saturated rings. The SMILES string of the molecule is O=C(Nc1ccc(/C=C/c2ccc(NC(=O)C3CCCN3C(=O)c3cccnc3)cc2)cc1)C1CCCN1C(=O)c1cccnc1. The van der Waals surface area contributed by atoms with Crippen LogP contribution in [0.25, 0.3) is 12.2 Å². The van der Waals surface area contributed by atoms with Gasteiger partial charge in [0.05, 0.1) is 11.1 Å². The van der Waals surface area contributed by atoms with Crippen molar-refractivity contribution in [2.45, 2.75) is 37.8 Å². The number of rotatable bonds is 8. The topological polar surface area (TPSA) is 125 Å². The first-order valence-electron chi connectivity index (χ1n) is 15.4. The Hall–Kier alpha value is -5.64. The molecule has 4 amide bonds. The molecule has 4 aromatic rings. The van der Waals surface area contributed by atoms with Gasteiger partial charge in [-0.3, -0.25) is 29.1 Å². The minimum atomic E-state index is -0.522. The molecule has 232 valence electrons. The molecule has 10 nitrogen and oxygen atoms in total. The molecular weight excluding hydrogens is 580 g/mol. The lowest BCUT2D eigenvalue weighted by atomic mass is 10.1. The van der Waals surface area contributed by atoms with Crippen LogP contribution in [0.2, 0.25) is 0 Å². The van der Waals surface area contributed by atoms with Gasteiger partial charge < -0.3 is 20.4 Å². The number of hydrogen-bond donors (Lipinski definition) is 2. The van der Waals surface area contributed by atoms with E-state index in [0.29, 0.717) is 48.4 Å². The zero-order valence-corrected chi connectivity index (χ0v) is 25.2. The van der Waals surface area contributed by atoms with Crippen molar-refractivity contribution in [2.75, 3.05) is 23.7 Å². The minimum Gasteiger partial charge on any atom is -0.327 e. The summed E-state index contributed by atoms with van der Waals surface area (Å²) in [5.74, 6) is -0.775. The molecule has 6 rings (SSSR count). The molecule has 2 N–H and O–H groups in total. The van der Waals surface area contributed by atoms with E-state index in [0.717, 1.165) is 24.0 Å². The molecule has 4 heterocycles. The lowest BCUT2D eigenvalue weighted by Gasteiger charge is -2.24. The van der Waals surface area contributed by atoms with Crippen LogP contribution in [0.3, 0.4) is 0 Å². The van der Waals surface area contributed by atoms with E-state index < -0.39 is 12.1 Å². The van der Waals surface area contributed by atoms with Gasteiger partial charge in [-0.05, 0) is 85.3 Å². The summed E-state index contributed by atoms with van der Waals surface area (Å²) in [7, 11) is 0. The van der Waals surface area contributed by atoms with E-state index in [1.54, 1.807) is 46.5 Å². The number of nitrogens with one attached hydrogen (secondary N) is 2. The van der Waals surface area contributed by atoms with Gasteiger partial charge in [-0.1, -0.05) is 36.4 Å². The maximum Gasteiger partial charge on any atom is 0.256 e. The van der Waals surface area contributed by atoms with E-state index in [2.05, 4.69) is 20.6 Å². The Morgan fingerprint density at radius 3 is 1.39 bits per heavy atom. The molecule has 2 saturated heterocycles. The van der Waals surface area contributed by atoms with Gasteiger partial charge >= 0.3 is 0 Å². The van der Waals surface area contributed by atoms with Gasteiger partial charge in [-0.25, -0.2) is 0 Å². The molecule has 2 aliphatic heterocycles. The molecule has 0 aliphatic carbocycles. The first kappa shape index (κ1) is 30.4. The summed E-state index contributed by atoms with van der Waals surface area (Å²) in [6.45, 7) is 1.08. The average molecular weight is 615 g/mol. The number of amides is 4. The number of nitrogens with zero attached hydrogens (tertiary/aromatic N) is 4. The molecule has 0 radical (unpaired) electrons. The standard InChI is InChI=1S/C36H34N6O4/c43-33(31-7-3-21-41(31)35(45)27-5-1-19-37-23-27)39-29-15-11-25(12-16-29)9-10-26-13-17-30(18-14-26)40-34(44)32-8-4-22-42(32)36(46)28-6-2-20-38-24-28/h1-2,5-6,9-20,23-24,31-32H,3-4,7-8,21-22H2,(H,39,43)(H,40,44)/b10-9+. The Morgan fingerprint density at radius 1 is 0.609 bits per heavy atom. The fraction of sp³-hybridized carbons (Fsp3) is 0.222. The highest BCUT2D eigenvalue weighted by Crippen LogP contribution is 2.24. The summed E-state index contributed by atoms with van der Waals surface area (Å²) in [5.41, 5.74) is 4.16. The molecule has 2 atom stereocenters. The van der Waals surface area contributed by atoms with Crippen molar-refractivity contribution in [1.82, 2.24) is 19.8 Å². The van der Waals surface area contributed by atoms with Crippen LogP contribution in [0.1, 0.15) is 57.5 Å². The summed E-state index contributed by atoms with van der Waals surface area (Å²) in [6.07, 6.45) is 13.0. The van der Waals surface area contributed by atoms with Crippen molar-refractivity contribution in [3.8, 4) is 0 Å². The van der Waals surface area contributed by atoms with Gasteiger partial charge in [-0.15, -0.1) is 0 Å². The molecule has 46 heavy (non-hydrogen) atoms. The van der Waals surface area contributed by atoms with Gasteiger partial charge in [0.15, 0.2) is 0 Å². The minimum absolute atomic E-state index is 0.185. The lowest BCUT2D eigenvalue weighted by molar-refractivity contribution is -0.120. The maximum absolute atomic E-state index is 13.0. The molecule has 0 bridgehead atoms. The van der Waals surface area contributed by atoms with E-state index in [1.165, 1.54) is 12.4 Å². The van der Waals surface area contributed by atoms with Gasteiger partial charge in [0.25, 0.3) is 11.8 Å². The fourth-order valence-electron chi connectivity index (χ4n) is 5.87. The van der Waals surface area contributed by atoms with Crippen LogP contribution in [0, 0.1) is 0 Å². The van der Waals surface area contributed by atoms with Crippen LogP contribution >= 0.6 is 0 Å².